The van der Waals surface area contributed by atoms with Gasteiger partial charge in [-0.3, -0.25) is 4.79 Å². The first-order chi connectivity index (χ1) is 10.5. The summed E-state index contributed by atoms with van der Waals surface area (Å²) in [5, 5.41) is 10.1. The highest BCUT2D eigenvalue weighted by molar-refractivity contribution is 9.10. The van der Waals surface area contributed by atoms with Gasteiger partial charge in [-0.05, 0) is 35.8 Å². The Balaban J connectivity index is 2.24. The molecule has 0 aliphatic carbocycles. The summed E-state index contributed by atoms with van der Waals surface area (Å²) >= 11 is 3.25. The first kappa shape index (κ1) is 16.3. The number of carbonyl (C=O) groups is 2. The quantitative estimate of drug-likeness (QED) is 0.499. The Morgan fingerprint density at radius 3 is 2.73 bits per heavy atom. The summed E-state index contributed by atoms with van der Waals surface area (Å²) < 4.78 is 10.7. The van der Waals surface area contributed by atoms with Gasteiger partial charge in [-0.25, -0.2) is 4.79 Å². The molecule has 0 heterocycles. The van der Waals surface area contributed by atoms with E-state index >= 15 is 0 Å². The molecule has 0 bridgehead atoms. The van der Waals surface area contributed by atoms with Crippen LogP contribution in [0.5, 0.6) is 5.75 Å². The lowest BCUT2D eigenvalue weighted by Crippen LogP contribution is -2.37. The summed E-state index contributed by atoms with van der Waals surface area (Å²) in [6.45, 7) is 0. The van der Waals surface area contributed by atoms with Crippen LogP contribution in [0.15, 0.2) is 46.9 Å². The molecule has 7 heteroatoms. The van der Waals surface area contributed by atoms with Gasteiger partial charge in [-0.2, -0.15) is 0 Å². The Morgan fingerprint density at radius 1 is 1.27 bits per heavy atom. The van der Waals surface area contributed by atoms with Crippen LogP contribution in [0.2, 0.25) is 0 Å². The van der Waals surface area contributed by atoms with Gasteiger partial charge in [-0.15, -0.1) is 0 Å². The molecule has 0 radical (unpaired) electrons. The Hall–Kier alpha value is -2.12. The molecule has 0 saturated heterocycles. The third kappa shape index (κ3) is 3.75. The maximum Gasteiger partial charge on any atom is 0.560 e. The smallest absolute Gasteiger partial charge is 0.532 e. The van der Waals surface area contributed by atoms with Crippen LogP contribution < -0.4 is 10.1 Å². The number of methoxy groups -OCH3 is 1. The highest BCUT2D eigenvalue weighted by Gasteiger charge is 2.21. The molecule has 1 N–H and O–H groups in total. The minimum Gasteiger partial charge on any atom is -0.532 e. The second kappa shape index (κ2) is 7.24. The predicted molar refractivity (Wildman–Crippen MR) is 85.5 cm³/mol. The summed E-state index contributed by atoms with van der Waals surface area (Å²) in [5.41, 5.74) is 0.981. The Morgan fingerprint density at radius 2 is 2.05 bits per heavy atom. The van der Waals surface area contributed by atoms with Gasteiger partial charge in [0.05, 0.1) is 18.2 Å². The zero-order chi connectivity index (χ0) is 16.1. The van der Waals surface area contributed by atoms with Gasteiger partial charge in [0, 0.05) is 4.47 Å². The number of hydrogen-bond acceptors (Lipinski definition) is 5. The summed E-state index contributed by atoms with van der Waals surface area (Å²) in [6, 6.07) is 11.1. The number of aldehydes is 1. The minimum atomic E-state index is -1.32. The van der Waals surface area contributed by atoms with Crippen molar-refractivity contribution in [1.29, 1.82) is 0 Å². The van der Waals surface area contributed by atoms with Crippen molar-refractivity contribution < 1.29 is 24.0 Å². The van der Waals surface area contributed by atoms with E-state index in [2.05, 4.69) is 20.7 Å². The molecule has 0 fully saturated rings. The zero-order valence-corrected chi connectivity index (χ0v) is 13.2. The highest BCUT2D eigenvalue weighted by Crippen LogP contribution is 2.22. The normalized spacial score (nSPS) is 9.95. The molecule has 0 aromatic heterocycles. The van der Waals surface area contributed by atoms with Crippen molar-refractivity contribution in [2.75, 3.05) is 7.11 Å². The number of benzene rings is 2. The molecule has 0 atom stereocenters. The highest BCUT2D eigenvalue weighted by atomic mass is 79.9. The van der Waals surface area contributed by atoms with Crippen LogP contribution in [0, 0.1) is 0 Å². The molecule has 112 valence electrons. The maximum atomic E-state index is 11.5. The van der Waals surface area contributed by atoms with Crippen molar-refractivity contribution in [2.24, 2.45) is 0 Å². The van der Waals surface area contributed by atoms with Crippen molar-refractivity contribution in [2.45, 2.75) is 0 Å². The molecule has 0 spiro atoms. The largest absolute Gasteiger partial charge is 0.560 e. The van der Waals surface area contributed by atoms with Gasteiger partial charge >= 0.3 is 13.1 Å². The van der Waals surface area contributed by atoms with E-state index in [1.54, 1.807) is 36.4 Å². The molecule has 2 rings (SSSR count). The van der Waals surface area contributed by atoms with Gasteiger partial charge in [-0.1, -0.05) is 28.1 Å². The van der Waals surface area contributed by atoms with E-state index in [-0.39, 0.29) is 5.75 Å². The van der Waals surface area contributed by atoms with Crippen LogP contribution >= 0.6 is 15.9 Å². The summed E-state index contributed by atoms with van der Waals surface area (Å²) in [4.78, 5) is 22.5. The van der Waals surface area contributed by atoms with E-state index in [9.17, 15) is 14.6 Å². The fourth-order valence-corrected chi connectivity index (χ4v) is 2.22. The molecule has 0 unspecified atom stereocenters. The fraction of sp³-hybridized carbons (Fsp3) is 0.0667. The second-order valence-electron chi connectivity index (χ2n) is 4.39. The van der Waals surface area contributed by atoms with Gasteiger partial charge in [0.1, 0.15) is 5.75 Å². The Labute approximate surface area is 136 Å². The number of ether oxygens (including phenoxy) is 1. The van der Waals surface area contributed by atoms with Crippen LogP contribution in [0.25, 0.3) is 0 Å². The SMILES string of the molecule is COC(=O)c1cccc(B(O)Oc2ccc(Br)cc2C=O)c1. The first-order valence-electron chi connectivity index (χ1n) is 6.33. The first-order valence-corrected chi connectivity index (χ1v) is 7.12. The van der Waals surface area contributed by atoms with E-state index < -0.39 is 13.1 Å². The molecule has 2 aromatic carbocycles. The van der Waals surface area contributed by atoms with Crippen molar-refractivity contribution >= 4 is 40.8 Å². The van der Waals surface area contributed by atoms with E-state index in [0.717, 1.165) is 4.47 Å². The van der Waals surface area contributed by atoms with Gasteiger partial charge < -0.3 is 14.4 Å². The lowest BCUT2D eigenvalue weighted by molar-refractivity contribution is 0.0600. The number of rotatable bonds is 5. The number of carbonyl (C=O) groups excluding carboxylic acids is 2. The van der Waals surface area contributed by atoms with Crippen LogP contribution in [0.1, 0.15) is 20.7 Å². The van der Waals surface area contributed by atoms with E-state index in [0.29, 0.717) is 22.9 Å². The molecule has 2 aromatic rings. The number of esters is 1. The number of halogens is 1. The minimum absolute atomic E-state index is 0.245. The number of hydrogen-bond donors (Lipinski definition) is 1. The lowest BCUT2D eigenvalue weighted by atomic mass is 9.78. The molecule has 22 heavy (non-hydrogen) atoms. The molecular formula is C15H12BBrO5. The molecular weight excluding hydrogens is 351 g/mol. The Bertz CT molecular complexity index is 704. The molecule has 5 nitrogen and oxygen atoms in total. The zero-order valence-electron chi connectivity index (χ0n) is 11.7. The van der Waals surface area contributed by atoms with Crippen LogP contribution in [-0.2, 0) is 4.74 Å². The van der Waals surface area contributed by atoms with Gasteiger partial charge in [0.25, 0.3) is 0 Å². The summed E-state index contributed by atoms with van der Waals surface area (Å²) in [6.07, 6.45) is 0.637. The van der Waals surface area contributed by atoms with E-state index in [1.807, 2.05) is 0 Å². The maximum absolute atomic E-state index is 11.5. The van der Waals surface area contributed by atoms with Crippen LogP contribution in [0.4, 0.5) is 0 Å². The van der Waals surface area contributed by atoms with Crippen molar-refractivity contribution in [3.63, 3.8) is 0 Å². The van der Waals surface area contributed by atoms with Crippen molar-refractivity contribution in [3.05, 3.63) is 58.1 Å². The van der Waals surface area contributed by atoms with Crippen LogP contribution in [-0.4, -0.2) is 31.5 Å². The third-order valence-corrected chi connectivity index (χ3v) is 3.42. The van der Waals surface area contributed by atoms with Crippen molar-refractivity contribution in [3.8, 4) is 5.75 Å². The Kier molecular flexibility index (Phi) is 5.35. The summed E-state index contributed by atoms with van der Waals surface area (Å²) in [7, 11) is -0.0374. The van der Waals surface area contributed by atoms with Gasteiger partial charge in [0.2, 0.25) is 0 Å². The van der Waals surface area contributed by atoms with Crippen molar-refractivity contribution in [1.82, 2.24) is 0 Å². The topological polar surface area (TPSA) is 72.8 Å². The monoisotopic (exact) mass is 362 g/mol. The standard InChI is InChI=1S/C15H12BBrO5/c1-21-15(19)10-3-2-4-12(7-10)16(20)22-14-6-5-13(17)8-11(14)9-18/h2-9,20H,1H3. The molecule has 0 aliphatic rings. The van der Waals surface area contributed by atoms with Crippen LogP contribution in [0.3, 0.4) is 0 Å². The average Bonchev–Trinajstić information content (AvgIpc) is 2.55. The molecule has 0 aliphatic heterocycles. The molecule has 0 amide bonds. The summed E-state index contributed by atoms with van der Waals surface area (Å²) in [5.74, 6) is -0.263. The van der Waals surface area contributed by atoms with Gasteiger partial charge in [0.15, 0.2) is 6.29 Å². The predicted octanol–water partition coefficient (Wildman–Crippen LogP) is 1.81. The van der Waals surface area contributed by atoms with E-state index in [1.165, 1.54) is 13.2 Å². The van der Waals surface area contributed by atoms with E-state index in [4.69, 9.17) is 4.65 Å². The fourth-order valence-electron chi connectivity index (χ4n) is 1.84. The average molecular weight is 363 g/mol. The second-order valence-corrected chi connectivity index (χ2v) is 5.30. The lowest BCUT2D eigenvalue weighted by Gasteiger charge is -2.12. The third-order valence-electron chi connectivity index (χ3n) is 2.93. The molecule has 0 saturated carbocycles.